The van der Waals surface area contributed by atoms with Crippen molar-refractivity contribution in [2.45, 2.75) is 39.8 Å². The molecule has 3 rings (SSSR count). The normalized spacial score (nSPS) is 12.6. The van der Waals surface area contributed by atoms with E-state index >= 15 is 0 Å². The maximum atomic E-state index is 11.8. The number of ketones is 1. The second kappa shape index (κ2) is 7.19. The molecule has 4 heteroatoms. The number of fused-ring (bicyclic) bond motifs is 3. The molecule has 0 bridgehead atoms. The molecule has 25 heavy (non-hydrogen) atoms. The number of hydrogen-bond donors (Lipinski definition) is 1. The summed E-state index contributed by atoms with van der Waals surface area (Å²) < 4.78 is 2.26. The minimum atomic E-state index is 0.0489. The number of hydrogen-bond acceptors (Lipinski definition) is 3. The van der Waals surface area contributed by atoms with E-state index < -0.39 is 0 Å². The van der Waals surface area contributed by atoms with Crippen molar-refractivity contribution in [1.29, 1.82) is 0 Å². The van der Waals surface area contributed by atoms with Gasteiger partial charge in [0.25, 0.3) is 0 Å². The van der Waals surface area contributed by atoms with Crippen LogP contribution in [-0.4, -0.2) is 29.2 Å². The predicted molar refractivity (Wildman–Crippen MR) is 103 cm³/mol. The molecule has 130 valence electrons. The van der Waals surface area contributed by atoms with Gasteiger partial charge < -0.3 is 9.88 Å². The Kier molecular flexibility index (Phi) is 5.00. The van der Waals surface area contributed by atoms with Crippen molar-refractivity contribution < 1.29 is 9.59 Å². The average molecular weight is 336 g/mol. The molecule has 0 spiro atoms. The molecule has 0 amide bonds. The smallest absolute Gasteiger partial charge is 0.159 e. The molecule has 0 radical (unpaired) electrons. The first-order valence-electron chi connectivity index (χ1n) is 8.80. The van der Waals surface area contributed by atoms with Crippen molar-refractivity contribution in [1.82, 2.24) is 9.88 Å². The van der Waals surface area contributed by atoms with E-state index in [1.807, 2.05) is 36.4 Å². The first-order chi connectivity index (χ1) is 12.0. The summed E-state index contributed by atoms with van der Waals surface area (Å²) in [5.74, 6) is 0.0489. The fraction of sp³-hybridized carbons (Fsp3) is 0.333. The van der Waals surface area contributed by atoms with Crippen LogP contribution in [0, 0.1) is 0 Å². The summed E-state index contributed by atoms with van der Waals surface area (Å²) in [6, 6.07) is 12.1. The van der Waals surface area contributed by atoms with Gasteiger partial charge in [-0.25, -0.2) is 0 Å². The number of carbonyl (C=O) groups is 2. The second-order valence-electron chi connectivity index (χ2n) is 6.60. The highest BCUT2D eigenvalue weighted by atomic mass is 16.1. The zero-order chi connectivity index (χ0) is 18.0. The van der Waals surface area contributed by atoms with Crippen molar-refractivity contribution in [3.63, 3.8) is 0 Å². The van der Waals surface area contributed by atoms with Crippen LogP contribution < -0.4 is 5.32 Å². The van der Waals surface area contributed by atoms with Crippen LogP contribution in [0.1, 0.15) is 47.9 Å². The zero-order valence-electron chi connectivity index (χ0n) is 15.0. The Balaban J connectivity index is 2.13. The van der Waals surface area contributed by atoms with Crippen LogP contribution in [0.3, 0.4) is 0 Å². The molecule has 1 aromatic heterocycles. The maximum Gasteiger partial charge on any atom is 0.159 e. The zero-order valence-corrected chi connectivity index (χ0v) is 15.0. The third-order valence-corrected chi connectivity index (χ3v) is 4.87. The van der Waals surface area contributed by atoms with E-state index in [4.69, 9.17) is 0 Å². The van der Waals surface area contributed by atoms with Gasteiger partial charge in [-0.2, -0.15) is 0 Å². The van der Waals surface area contributed by atoms with E-state index in [2.05, 4.69) is 23.7 Å². The number of benzene rings is 2. The Hall–Kier alpha value is -2.46. The van der Waals surface area contributed by atoms with E-state index in [1.165, 1.54) is 0 Å². The lowest BCUT2D eigenvalue weighted by molar-refractivity contribution is 0.101. The highest BCUT2D eigenvalue weighted by Gasteiger charge is 2.13. The van der Waals surface area contributed by atoms with Gasteiger partial charge in [-0.05, 0) is 56.7 Å². The summed E-state index contributed by atoms with van der Waals surface area (Å²) in [5, 5.41) is 5.56. The summed E-state index contributed by atoms with van der Waals surface area (Å²) in [4.78, 5) is 22.9. The lowest BCUT2D eigenvalue weighted by Gasteiger charge is -2.13. The quantitative estimate of drug-likeness (QED) is 0.520. The molecule has 2 aromatic carbocycles. The number of Topliss-reactive ketones (excluding diaryl/α,β-unsaturated/α-hetero) is 1. The molecule has 3 aromatic rings. The first-order valence-corrected chi connectivity index (χ1v) is 8.80. The van der Waals surface area contributed by atoms with Crippen LogP contribution in [0.5, 0.6) is 0 Å². The van der Waals surface area contributed by atoms with Gasteiger partial charge in [-0.15, -0.1) is 0 Å². The fourth-order valence-corrected chi connectivity index (χ4v) is 3.22. The minimum Gasteiger partial charge on any atom is -0.339 e. The van der Waals surface area contributed by atoms with Crippen LogP contribution in [0.25, 0.3) is 21.8 Å². The standard InChI is InChI=1S/C21H24N2O2/c1-4-14(2)22-9-10-23-20-7-5-16(13-24)11-18(20)19-12-17(15(3)25)6-8-21(19)23/h5-8,11-14,22H,4,9-10H2,1-3H3. The molecule has 1 atom stereocenters. The largest absolute Gasteiger partial charge is 0.339 e. The van der Waals surface area contributed by atoms with Gasteiger partial charge >= 0.3 is 0 Å². The fourth-order valence-electron chi connectivity index (χ4n) is 3.22. The van der Waals surface area contributed by atoms with Crippen LogP contribution in [0.15, 0.2) is 36.4 Å². The van der Waals surface area contributed by atoms with Gasteiger partial charge in [0.05, 0.1) is 0 Å². The van der Waals surface area contributed by atoms with E-state index in [9.17, 15) is 9.59 Å². The van der Waals surface area contributed by atoms with Crippen molar-refractivity contribution in [2.75, 3.05) is 6.54 Å². The maximum absolute atomic E-state index is 11.8. The lowest BCUT2D eigenvalue weighted by atomic mass is 10.1. The number of aldehydes is 1. The Morgan fingerprint density at radius 3 is 2.48 bits per heavy atom. The Bertz CT molecular complexity index is 940. The number of carbonyl (C=O) groups excluding carboxylic acids is 2. The van der Waals surface area contributed by atoms with Crippen LogP contribution in [0.2, 0.25) is 0 Å². The van der Waals surface area contributed by atoms with Crippen molar-refractivity contribution in [3.05, 3.63) is 47.5 Å². The van der Waals surface area contributed by atoms with E-state index in [-0.39, 0.29) is 5.78 Å². The van der Waals surface area contributed by atoms with Crippen LogP contribution >= 0.6 is 0 Å². The number of nitrogens with one attached hydrogen (secondary N) is 1. The topological polar surface area (TPSA) is 51.1 Å². The molecular weight excluding hydrogens is 312 g/mol. The third-order valence-electron chi connectivity index (χ3n) is 4.87. The lowest BCUT2D eigenvalue weighted by Crippen LogP contribution is -2.28. The summed E-state index contributed by atoms with van der Waals surface area (Å²) in [6.45, 7) is 7.64. The molecule has 0 aliphatic rings. The molecule has 0 aliphatic carbocycles. The Morgan fingerprint density at radius 2 is 1.84 bits per heavy atom. The summed E-state index contributed by atoms with van der Waals surface area (Å²) in [5.41, 5.74) is 3.53. The van der Waals surface area contributed by atoms with Crippen molar-refractivity contribution in [3.8, 4) is 0 Å². The molecule has 1 unspecified atom stereocenters. The highest BCUT2D eigenvalue weighted by molar-refractivity contribution is 6.11. The molecule has 1 N–H and O–H groups in total. The third kappa shape index (κ3) is 3.35. The van der Waals surface area contributed by atoms with Gasteiger partial charge in [-0.3, -0.25) is 9.59 Å². The summed E-state index contributed by atoms with van der Waals surface area (Å²) in [7, 11) is 0. The highest BCUT2D eigenvalue weighted by Crippen LogP contribution is 2.30. The monoisotopic (exact) mass is 336 g/mol. The first kappa shape index (κ1) is 17.4. The van der Waals surface area contributed by atoms with E-state index in [1.54, 1.807) is 6.92 Å². The van der Waals surface area contributed by atoms with Gasteiger partial charge in [-0.1, -0.05) is 6.92 Å². The number of nitrogens with zero attached hydrogens (tertiary/aromatic N) is 1. The Morgan fingerprint density at radius 1 is 1.16 bits per heavy atom. The van der Waals surface area contributed by atoms with Gasteiger partial charge in [0.15, 0.2) is 5.78 Å². The minimum absolute atomic E-state index is 0.0489. The predicted octanol–water partition coefficient (Wildman–Crippen LogP) is 4.20. The second-order valence-corrected chi connectivity index (χ2v) is 6.60. The van der Waals surface area contributed by atoms with Crippen molar-refractivity contribution >= 4 is 33.9 Å². The molecule has 0 saturated heterocycles. The number of aromatic nitrogens is 1. The SMILES string of the molecule is CCC(C)NCCn1c2ccc(C=O)cc2c2cc(C(C)=O)ccc21. The average Bonchev–Trinajstić information content (AvgIpc) is 2.94. The summed E-state index contributed by atoms with van der Waals surface area (Å²) in [6.07, 6.45) is 1.96. The van der Waals surface area contributed by atoms with E-state index in [0.717, 1.165) is 47.6 Å². The van der Waals surface area contributed by atoms with Gasteiger partial charge in [0, 0.05) is 52.1 Å². The molecule has 0 aliphatic heterocycles. The van der Waals surface area contributed by atoms with Crippen LogP contribution in [-0.2, 0) is 6.54 Å². The van der Waals surface area contributed by atoms with Gasteiger partial charge in [0.2, 0.25) is 0 Å². The molecule has 1 heterocycles. The number of rotatable bonds is 7. The molecule has 0 fully saturated rings. The van der Waals surface area contributed by atoms with Crippen LogP contribution in [0.4, 0.5) is 0 Å². The van der Waals surface area contributed by atoms with Crippen molar-refractivity contribution in [2.24, 2.45) is 0 Å². The molecule has 0 saturated carbocycles. The van der Waals surface area contributed by atoms with Gasteiger partial charge in [0.1, 0.15) is 6.29 Å². The van der Waals surface area contributed by atoms with E-state index in [0.29, 0.717) is 17.2 Å². The molecule has 4 nitrogen and oxygen atoms in total. The summed E-state index contributed by atoms with van der Waals surface area (Å²) >= 11 is 0. The molecular formula is C21H24N2O2. The Labute approximate surface area is 147 Å².